The van der Waals surface area contributed by atoms with Crippen molar-refractivity contribution in [3.05, 3.63) is 275 Å². The van der Waals surface area contributed by atoms with Crippen molar-refractivity contribution in [2.45, 2.75) is 68.8 Å². The number of imide groups is 2. The standard InChI is InChI=1S/C93H72N2O21/c96-56-28-23-53(24-29-56)33-74(76(98)32-27-52-11-3-1-4-12-52)94-89(99)70-39-77(113-62-19-7-15-58(35-62)104-44-66-48-108-66)83-85-79(115-64-21-9-17-60(37-64)106-46-68-50-110-68)41-72-82-73(92(102)95(91(72)101)75(34-54-25-30-57(97)31-26-54)93(103)112-43-55-13-5-2-6-14-55)42-80(116-65-22-10-18-61(38-65)107-47-69-51-111-69)86(88(82)85)84-78(40-71(90(94)100)81(70)87(83)84)114-63-20-8-16-59(36-63)105-45-67-49-109-67/h1-26,28-31,35-42,66-69,74-75,96-97H,27,32-34,43-51H2. The Balaban J connectivity index is 0.911. The van der Waals surface area contributed by atoms with Gasteiger partial charge in [-0.3, -0.25) is 33.8 Å². The van der Waals surface area contributed by atoms with E-state index in [9.17, 15) is 10.2 Å². The van der Waals surface area contributed by atoms with Crippen LogP contribution in [0.4, 0.5) is 0 Å². The summed E-state index contributed by atoms with van der Waals surface area (Å²) in [5, 5.41) is 22.2. The SMILES string of the molecule is O=C(CCc1ccccc1)C(Cc1ccc(O)cc1)N1C(=O)c2cc(Oc3cccc(OCC4CO4)c3)c3c4c(Oc5cccc(OCC6CO6)c5)cc5c6c(cc(Oc7cccc(OCC8CO8)c7)c(c7c(Oc8cccc(OCC9CO9)c8)cc(c2c37)C1=O)c64)C(=O)N(C(Cc1ccc(O)cc1)C(=O)OCc1ccccc1)C5=O. The number of phenols is 2. The molecule has 4 amide bonds. The Morgan fingerprint density at radius 1 is 0.345 bits per heavy atom. The van der Waals surface area contributed by atoms with Gasteiger partial charge in [-0.25, -0.2) is 4.79 Å². The Hall–Kier alpha value is -13.6. The number of epoxide rings is 4. The molecule has 23 nitrogen and oxygen atoms in total. The number of ether oxygens (including phenoxy) is 13. The first-order valence-corrected chi connectivity index (χ1v) is 38.3. The predicted molar refractivity (Wildman–Crippen MR) is 423 cm³/mol. The van der Waals surface area contributed by atoms with Gasteiger partial charge in [0.1, 0.15) is 150 Å². The number of carbonyl (C=O) groups is 6. The van der Waals surface area contributed by atoms with Crippen LogP contribution in [0.15, 0.2) is 231 Å². The fraction of sp³-hybridized carbons (Fsp3) is 0.204. The zero-order valence-electron chi connectivity index (χ0n) is 62.1. The number of ketones is 1. The molecule has 0 radical (unpaired) electrons. The molecule has 6 unspecified atom stereocenters. The molecule has 4 saturated heterocycles. The Kier molecular flexibility index (Phi) is 19.2. The number of hydrogen-bond donors (Lipinski definition) is 2. The Bertz CT molecular complexity index is 5420. The van der Waals surface area contributed by atoms with E-state index >= 15 is 28.8 Å². The molecule has 23 heteroatoms. The number of amides is 4. The minimum atomic E-state index is -1.67. The van der Waals surface area contributed by atoms with Crippen molar-refractivity contribution in [2.24, 2.45) is 0 Å². The summed E-state index contributed by atoms with van der Waals surface area (Å²) in [4.78, 5) is 99.9. The van der Waals surface area contributed by atoms with Gasteiger partial charge in [0.25, 0.3) is 23.6 Å². The number of nitrogens with zero attached hydrogens (tertiary/aromatic N) is 2. The van der Waals surface area contributed by atoms with Crippen molar-refractivity contribution < 1.29 is 101 Å². The lowest BCUT2D eigenvalue weighted by atomic mass is 9.80. The van der Waals surface area contributed by atoms with Crippen LogP contribution in [-0.2, 0) is 59.1 Å². The normalized spacial score (nSPS) is 17.4. The van der Waals surface area contributed by atoms with Crippen molar-refractivity contribution in [2.75, 3.05) is 52.9 Å². The van der Waals surface area contributed by atoms with Crippen LogP contribution in [-0.4, -0.2) is 145 Å². The van der Waals surface area contributed by atoms with Gasteiger partial charge in [-0.2, -0.15) is 0 Å². The molecule has 0 aliphatic carbocycles. The van der Waals surface area contributed by atoms with E-state index in [2.05, 4.69) is 0 Å². The smallest absolute Gasteiger partial charge is 0.330 e. The third-order valence-electron chi connectivity index (χ3n) is 21.2. The summed E-state index contributed by atoms with van der Waals surface area (Å²) < 4.78 is 82.9. The minimum absolute atomic E-state index is 0.0389. The van der Waals surface area contributed by atoms with Crippen LogP contribution in [0.25, 0.3) is 43.1 Å². The molecular formula is C93H72N2O21. The summed E-state index contributed by atoms with van der Waals surface area (Å²) in [6.45, 7) is 2.73. The number of benzene rings is 13. The molecule has 0 saturated carbocycles. The lowest BCUT2D eigenvalue weighted by Crippen LogP contribution is -2.52. The number of phenolic OH excluding ortho intramolecular Hbond substituents is 2. The summed E-state index contributed by atoms with van der Waals surface area (Å²) in [7, 11) is 0. The van der Waals surface area contributed by atoms with Crippen molar-refractivity contribution in [3.63, 3.8) is 0 Å². The number of aromatic hydroxyl groups is 2. The van der Waals surface area contributed by atoms with E-state index in [-0.39, 0.29) is 206 Å². The molecule has 580 valence electrons. The Labute approximate surface area is 662 Å². The van der Waals surface area contributed by atoms with Crippen LogP contribution in [0, 0.1) is 0 Å². The highest BCUT2D eigenvalue weighted by molar-refractivity contribution is 6.45. The van der Waals surface area contributed by atoms with Crippen molar-refractivity contribution >= 4 is 78.5 Å². The molecule has 6 aliphatic heterocycles. The highest BCUT2D eigenvalue weighted by Crippen LogP contribution is 2.59. The second kappa shape index (κ2) is 30.7. The highest BCUT2D eigenvalue weighted by Gasteiger charge is 2.47. The van der Waals surface area contributed by atoms with E-state index in [4.69, 9.17) is 61.6 Å². The topological polar surface area (TPSA) is 283 Å². The van der Waals surface area contributed by atoms with Crippen LogP contribution in [0.2, 0.25) is 0 Å². The molecule has 4 fully saturated rings. The third-order valence-corrected chi connectivity index (χ3v) is 21.2. The fourth-order valence-corrected chi connectivity index (χ4v) is 15.1. The van der Waals surface area contributed by atoms with E-state index in [0.29, 0.717) is 66.1 Å². The van der Waals surface area contributed by atoms with Gasteiger partial charge in [-0.05, 0) is 126 Å². The summed E-state index contributed by atoms with van der Waals surface area (Å²) in [5.74, 6) is -2.92. The van der Waals surface area contributed by atoms with Gasteiger partial charge in [-0.15, -0.1) is 0 Å². The zero-order valence-corrected chi connectivity index (χ0v) is 62.1. The molecule has 13 aromatic carbocycles. The lowest BCUT2D eigenvalue weighted by Gasteiger charge is -2.36. The second-order valence-electron chi connectivity index (χ2n) is 29.3. The van der Waals surface area contributed by atoms with Gasteiger partial charge >= 0.3 is 5.97 Å². The Morgan fingerprint density at radius 2 is 0.655 bits per heavy atom. The third kappa shape index (κ3) is 15.1. The summed E-state index contributed by atoms with van der Waals surface area (Å²) in [6.07, 6.45) is -0.793. The van der Waals surface area contributed by atoms with Crippen LogP contribution in [0.5, 0.6) is 80.5 Å². The average Bonchev–Trinajstić information content (AvgIpc) is 0.870. The van der Waals surface area contributed by atoms with Gasteiger partial charge < -0.3 is 71.8 Å². The van der Waals surface area contributed by atoms with E-state index in [0.717, 1.165) is 15.4 Å². The second-order valence-corrected chi connectivity index (χ2v) is 29.3. The van der Waals surface area contributed by atoms with Crippen molar-refractivity contribution in [1.82, 2.24) is 9.80 Å². The lowest BCUT2D eigenvalue weighted by molar-refractivity contribution is -0.149. The first-order valence-electron chi connectivity index (χ1n) is 38.3. The van der Waals surface area contributed by atoms with E-state index < -0.39 is 47.5 Å². The molecule has 116 heavy (non-hydrogen) atoms. The van der Waals surface area contributed by atoms with Crippen LogP contribution in [0.1, 0.15) is 70.1 Å². The number of hydrogen-bond acceptors (Lipinski definition) is 21. The minimum Gasteiger partial charge on any atom is -0.508 e. The maximum atomic E-state index is 16.8. The molecule has 0 aromatic heterocycles. The summed E-state index contributed by atoms with van der Waals surface area (Å²) in [6, 6.07) is 60.9. The maximum Gasteiger partial charge on any atom is 0.330 e. The van der Waals surface area contributed by atoms with E-state index in [1.54, 1.807) is 146 Å². The molecule has 6 heterocycles. The molecule has 6 atom stereocenters. The summed E-state index contributed by atoms with van der Waals surface area (Å²) >= 11 is 0. The van der Waals surface area contributed by atoms with Gasteiger partial charge in [0.15, 0.2) is 5.78 Å². The van der Waals surface area contributed by atoms with Gasteiger partial charge in [0, 0.05) is 86.6 Å². The Morgan fingerprint density at radius 3 is 0.991 bits per heavy atom. The molecule has 0 spiro atoms. The van der Waals surface area contributed by atoms with Gasteiger partial charge in [-0.1, -0.05) is 109 Å². The van der Waals surface area contributed by atoms with E-state index in [1.807, 2.05) is 36.4 Å². The first kappa shape index (κ1) is 72.6. The zero-order chi connectivity index (χ0) is 78.7. The number of fused-ring (bicyclic) bond motifs is 2. The fourth-order valence-electron chi connectivity index (χ4n) is 15.1. The van der Waals surface area contributed by atoms with Gasteiger partial charge in [0.05, 0.1) is 48.7 Å². The van der Waals surface area contributed by atoms with Crippen molar-refractivity contribution in [3.8, 4) is 80.5 Å². The first-order chi connectivity index (χ1) is 56.7. The molecular weight excluding hydrogens is 1480 g/mol. The number of rotatable bonds is 33. The highest BCUT2D eigenvalue weighted by atomic mass is 16.6. The molecule has 13 aromatic rings. The monoisotopic (exact) mass is 1550 g/mol. The van der Waals surface area contributed by atoms with Crippen LogP contribution < -0.4 is 37.9 Å². The largest absolute Gasteiger partial charge is 0.508 e. The molecule has 19 rings (SSSR count). The predicted octanol–water partition coefficient (Wildman–Crippen LogP) is 15.8. The molecule has 2 N–H and O–H groups in total. The molecule has 6 aliphatic rings. The maximum absolute atomic E-state index is 16.8. The van der Waals surface area contributed by atoms with Crippen LogP contribution >= 0.6 is 0 Å². The van der Waals surface area contributed by atoms with Crippen molar-refractivity contribution in [1.29, 1.82) is 0 Å². The number of carbonyl (C=O) groups excluding carboxylic acids is 6. The number of esters is 1. The van der Waals surface area contributed by atoms with Gasteiger partial charge in [0.2, 0.25) is 0 Å². The number of Topliss-reactive ketones (excluding diaryl/α,β-unsaturated/α-hetero) is 1. The van der Waals surface area contributed by atoms with Crippen LogP contribution in [0.3, 0.4) is 0 Å². The summed E-state index contributed by atoms with van der Waals surface area (Å²) in [5.41, 5.74) is 2.04. The number of aryl methyl sites for hydroxylation is 1. The quantitative estimate of drug-likeness (QED) is 0.0127. The average molecular weight is 1550 g/mol. The molecule has 0 bridgehead atoms. The van der Waals surface area contributed by atoms with E-state index in [1.165, 1.54) is 48.5 Å².